The maximum Gasteiger partial charge on any atom is 0.123 e. The van der Waals surface area contributed by atoms with Crippen LogP contribution in [0.4, 0.5) is 0 Å². The van der Waals surface area contributed by atoms with Crippen LogP contribution in [-0.2, 0) is 6.42 Å². The third kappa shape index (κ3) is 3.49. The van der Waals surface area contributed by atoms with Crippen LogP contribution < -0.4 is 4.74 Å². The second-order valence-electron chi connectivity index (χ2n) is 2.65. The molecule has 1 aromatic rings. The molecule has 0 atom stereocenters. The lowest BCUT2D eigenvalue weighted by Crippen LogP contribution is -1.91. The number of hydrogen-bond acceptors (Lipinski definition) is 2. The van der Waals surface area contributed by atoms with E-state index in [0.29, 0.717) is 6.42 Å². The van der Waals surface area contributed by atoms with Gasteiger partial charge in [-0.15, -0.1) is 0 Å². The maximum absolute atomic E-state index is 8.52. The minimum atomic E-state index is 0.408. The summed E-state index contributed by atoms with van der Waals surface area (Å²) in [5, 5.41) is 8.52. The highest BCUT2D eigenvalue weighted by atomic mass is 16.5. The molecule has 1 rings (SSSR count). The largest absolute Gasteiger partial charge is 0.496 e. The molecule has 0 unspecified atom stereocenters. The van der Waals surface area contributed by atoms with E-state index >= 15 is 0 Å². The van der Waals surface area contributed by atoms with Crippen LogP contribution in [0.5, 0.6) is 5.75 Å². The normalized spacial score (nSPS) is 8.21. The van der Waals surface area contributed by atoms with E-state index in [-0.39, 0.29) is 0 Å². The number of rotatable bonds is 2. The van der Waals surface area contributed by atoms with Crippen LogP contribution >= 0.6 is 0 Å². The molecule has 0 aliphatic rings. The molecule has 0 amide bonds. The summed E-state index contributed by atoms with van der Waals surface area (Å²) in [6.45, 7) is 6.00. The zero-order valence-electron chi connectivity index (χ0n) is 9.29. The summed E-state index contributed by atoms with van der Waals surface area (Å²) < 4.78 is 5.10. The third-order valence-corrected chi connectivity index (χ3v) is 1.71. The minimum Gasteiger partial charge on any atom is -0.496 e. The number of aryl methyl sites for hydroxylation is 1. The average Bonchev–Trinajstić information content (AvgIpc) is 2.22. The molecule has 0 saturated heterocycles. The Morgan fingerprint density at radius 3 is 2.50 bits per heavy atom. The molecule has 0 spiro atoms. The molecule has 0 fully saturated rings. The summed E-state index contributed by atoms with van der Waals surface area (Å²) in [7, 11) is 1.62. The van der Waals surface area contributed by atoms with E-state index in [0.717, 1.165) is 16.9 Å². The lowest BCUT2D eigenvalue weighted by Gasteiger charge is -2.05. The maximum atomic E-state index is 8.52. The van der Waals surface area contributed by atoms with E-state index in [2.05, 4.69) is 6.07 Å². The molecule has 1 aromatic carbocycles. The summed E-state index contributed by atoms with van der Waals surface area (Å²) >= 11 is 0. The Labute approximate surface area is 86.1 Å². The van der Waals surface area contributed by atoms with E-state index in [1.54, 1.807) is 7.11 Å². The number of benzene rings is 1. The van der Waals surface area contributed by atoms with E-state index in [9.17, 15) is 0 Å². The lowest BCUT2D eigenvalue weighted by molar-refractivity contribution is 0.410. The fourth-order valence-electron chi connectivity index (χ4n) is 1.13. The first-order chi connectivity index (χ1) is 6.77. The summed E-state index contributed by atoms with van der Waals surface area (Å²) in [6, 6.07) is 7.94. The average molecular weight is 191 g/mol. The van der Waals surface area contributed by atoms with Gasteiger partial charge in [0.15, 0.2) is 0 Å². The Morgan fingerprint density at radius 2 is 2.00 bits per heavy atom. The van der Waals surface area contributed by atoms with Gasteiger partial charge in [-0.05, 0) is 13.0 Å². The molecular formula is C12H17NO. The van der Waals surface area contributed by atoms with Crippen molar-refractivity contribution in [3.8, 4) is 11.8 Å². The van der Waals surface area contributed by atoms with Crippen molar-refractivity contribution in [3.63, 3.8) is 0 Å². The molecule has 0 N–H and O–H groups in total. The van der Waals surface area contributed by atoms with Gasteiger partial charge in [0.2, 0.25) is 0 Å². The van der Waals surface area contributed by atoms with Crippen LogP contribution in [0.15, 0.2) is 18.2 Å². The standard InChI is InChI=1S/C10H11NO.C2H6/c1-8-3-4-10(12-2)9(7-8)5-6-11;1-2/h3-4,7H,5H2,1-2H3;1-2H3. The number of ether oxygens (including phenoxy) is 1. The number of hydrogen-bond donors (Lipinski definition) is 0. The van der Waals surface area contributed by atoms with E-state index in [1.807, 2.05) is 39.0 Å². The molecular weight excluding hydrogens is 174 g/mol. The topological polar surface area (TPSA) is 33.0 Å². The van der Waals surface area contributed by atoms with Gasteiger partial charge in [-0.1, -0.05) is 31.5 Å². The second-order valence-corrected chi connectivity index (χ2v) is 2.65. The van der Waals surface area contributed by atoms with Crippen LogP contribution in [-0.4, -0.2) is 7.11 Å². The third-order valence-electron chi connectivity index (χ3n) is 1.71. The van der Waals surface area contributed by atoms with Gasteiger partial charge in [0, 0.05) is 5.56 Å². The zero-order valence-corrected chi connectivity index (χ0v) is 9.29. The van der Waals surface area contributed by atoms with Crippen LogP contribution in [0, 0.1) is 18.3 Å². The predicted octanol–water partition coefficient (Wildman–Crippen LogP) is 3.10. The highest BCUT2D eigenvalue weighted by Gasteiger charge is 2.01. The van der Waals surface area contributed by atoms with Crippen molar-refractivity contribution in [3.05, 3.63) is 29.3 Å². The Balaban J connectivity index is 0.000000791. The van der Waals surface area contributed by atoms with Gasteiger partial charge in [0.1, 0.15) is 5.75 Å². The molecule has 0 aliphatic carbocycles. The van der Waals surface area contributed by atoms with Crippen molar-refractivity contribution in [2.75, 3.05) is 7.11 Å². The molecule has 0 aliphatic heterocycles. The first-order valence-electron chi connectivity index (χ1n) is 4.78. The lowest BCUT2D eigenvalue weighted by atomic mass is 10.1. The van der Waals surface area contributed by atoms with Gasteiger partial charge in [-0.2, -0.15) is 5.26 Å². The highest BCUT2D eigenvalue weighted by Crippen LogP contribution is 2.19. The molecule has 0 bridgehead atoms. The van der Waals surface area contributed by atoms with Gasteiger partial charge in [-0.3, -0.25) is 0 Å². The summed E-state index contributed by atoms with van der Waals surface area (Å²) in [4.78, 5) is 0. The Kier molecular flexibility index (Phi) is 6.22. The van der Waals surface area contributed by atoms with Crippen LogP contribution in [0.1, 0.15) is 25.0 Å². The quantitative estimate of drug-likeness (QED) is 0.719. The number of methoxy groups -OCH3 is 1. The van der Waals surface area contributed by atoms with E-state index in [1.165, 1.54) is 0 Å². The smallest absolute Gasteiger partial charge is 0.123 e. The van der Waals surface area contributed by atoms with Crippen molar-refractivity contribution in [1.82, 2.24) is 0 Å². The molecule has 0 heterocycles. The molecule has 76 valence electrons. The Bertz CT molecular complexity index is 313. The predicted molar refractivity (Wildman–Crippen MR) is 58.4 cm³/mol. The summed E-state index contributed by atoms with van der Waals surface area (Å²) in [5.41, 5.74) is 2.11. The van der Waals surface area contributed by atoms with Gasteiger partial charge in [0.05, 0.1) is 19.6 Å². The summed E-state index contributed by atoms with van der Waals surface area (Å²) in [5.74, 6) is 0.794. The zero-order chi connectivity index (χ0) is 11.0. The molecule has 0 aromatic heterocycles. The van der Waals surface area contributed by atoms with Gasteiger partial charge in [-0.25, -0.2) is 0 Å². The Hall–Kier alpha value is -1.49. The van der Waals surface area contributed by atoms with Crippen LogP contribution in [0.25, 0.3) is 0 Å². The second kappa shape index (κ2) is 6.97. The highest BCUT2D eigenvalue weighted by molar-refractivity contribution is 5.38. The van der Waals surface area contributed by atoms with E-state index in [4.69, 9.17) is 10.00 Å². The monoisotopic (exact) mass is 191 g/mol. The van der Waals surface area contributed by atoms with Crippen molar-refractivity contribution >= 4 is 0 Å². The SMILES string of the molecule is CC.COc1ccc(C)cc1CC#N. The first-order valence-corrected chi connectivity index (χ1v) is 4.78. The number of nitrogens with zero attached hydrogens (tertiary/aromatic N) is 1. The Morgan fingerprint density at radius 1 is 1.36 bits per heavy atom. The van der Waals surface area contributed by atoms with Crippen LogP contribution in [0.3, 0.4) is 0 Å². The number of nitriles is 1. The van der Waals surface area contributed by atoms with E-state index < -0.39 is 0 Å². The fourth-order valence-corrected chi connectivity index (χ4v) is 1.13. The van der Waals surface area contributed by atoms with Gasteiger partial charge >= 0.3 is 0 Å². The van der Waals surface area contributed by atoms with Crippen molar-refractivity contribution in [1.29, 1.82) is 5.26 Å². The van der Waals surface area contributed by atoms with Gasteiger partial charge in [0.25, 0.3) is 0 Å². The molecule has 0 radical (unpaired) electrons. The van der Waals surface area contributed by atoms with Gasteiger partial charge < -0.3 is 4.74 Å². The van der Waals surface area contributed by atoms with Crippen molar-refractivity contribution in [2.24, 2.45) is 0 Å². The molecule has 0 saturated carbocycles. The molecule has 2 nitrogen and oxygen atoms in total. The molecule has 14 heavy (non-hydrogen) atoms. The molecule has 2 heteroatoms. The minimum absolute atomic E-state index is 0.408. The summed E-state index contributed by atoms with van der Waals surface area (Å²) in [6.07, 6.45) is 0.408. The van der Waals surface area contributed by atoms with Crippen molar-refractivity contribution < 1.29 is 4.74 Å². The fraction of sp³-hybridized carbons (Fsp3) is 0.417. The van der Waals surface area contributed by atoms with Crippen molar-refractivity contribution in [2.45, 2.75) is 27.2 Å². The van der Waals surface area contributed by atoms with Crippen LogP contribution in [0.2, 0.25) is 0 Å². The first kappa shape index (κ1) is 12.5.